The van der Waals surface area contributed by atoms with Gasteiger partial charge < -0.3 is 5.11 Å². The number of carbonyl (C=O) groups is 1. The number of rotatable bonds is 6. The molecular weight excluding hydrogens is 419 g/mol. The Kier molecular flexibility index (Phi) is 5.80. The van der Waals surface area contributed by atoms with Gasteiger partial charge in [0.25, 0.3) is 0 Å². The SMILES string of the molecule is Cc1ccc(CC(=O)c2cccc(C(F)(F)F)c2)cc1-c1ccc2c(CCO)[nH]nc2n1. The lowest BCUT2D eigenvalue weighted by atomic mass is 9.96. The number of fused-ring (bicyclic) bond motifs is 1. The predicted molar refractivity (Wildman–Crippen MR) is 114 cm³/mol. The van der Waals surface area contributed by atoms with E-state index in [4.69, 9.17) is 5.11 Å². The highest BCUT2D eigenvalue weighted by Crippen LogP contribution is 2.30. The summed E-state index contributed by atoms with van der Waals surface area (Å²) in [6.07, 6.45) is -4.08. The monoisotopic (exact) mass is 439 g/mol. The highest BCUT2D eigenvalue weighted by molar-refractivity contribution is 5.97. The fraction of sp³-hybridized carbons (Fsp3) is 0.208. The first-order valence-corrected chi connectivity index (χ1v) is 10.0. The molecule has 0 fully saturated rings. The third-order valence-electron chi connectivity index (χ3n) is 5.31. The van der Waals surface area contributed by atoms with Crippen LogP contribution in [0, 0.1) is 6.92 Å². The minimum atomic E-state index is -4.50. The first kappa shape index (κ1) is 21.7. The van der Waals surface area contributed by atoms with Gasteiger partial charge in [0.15, 0.2) is 11.4 Å². The number of Topliss-reactive ketones (excluding diaryl/α,β-unsaturated/α-hetero) is 1. The predicted octanol–water partition coefficient (Wildman–Crippen LogP) is 4.91. The molecule has 8 heteroatoms. The minimum absolute atomic E-state index is 0.000104. The lowest BCUT2D eigenvalue weighted by Crippen LogP contribution is -2.09. The fourth-order valence-corrected chi connectivity index (χ4v) is 3.61. The fourth-order valence-electron chi connectivity index (χ4n) is 3.61. The number of benzene rings is 2. The van der Waals surface area contributed by atoms with Gasteiger partial charge >= 0.3 is 6.18 Å². The summed E-state index contributed by atoms with van der Waals surface area (Å²) in [7, 11) is 0. The van der Waals surface area contributed by atoms with Crippen LogP contribution in [0.3, 0.4) is 0 Å². The number of aromatic amines is 1. The van der Waals surface area contributed by atoms with E-state index in [1.165, 1.54) is 12.1 Å². The van der Waals surface area contributed by atoms with Gasteiger partial charge in [0.2, 0.25) is 0 Å². The van der Waals surface area contributed by atoms with Gasteiger partial charge in [-0.05, 0) is 48.4 Å². The third-order valence-corrected chi connectivity index (χ3v) is 5.31. The molecule has 0 spiro atoms. The lowest BCUT2D eigenvalue weighted by Gasteiger charge is -2.10. The molecule has 0 unspecified atom stereocenters. The molecule has 0 aliphatic carbocycles. The van der Waals surface area contributed by atoms with Gasteiger partial charge in [-0.1, -0.05) is 24.3 Å². The van der Waals surface area contributed by atoms with Crippen LogP contribution in [0.5, 0.6) is 0 Å². The van der Waals surface area contributed by atoms with Crippen molar-refractivity contribution in [2.45, 2.75) is 25.9 Å². The number of nitrogens with one attached hydrogen (secondary N) is 1. The van der Waals surface area contributed by atoms with Crippen molar-refractivity contribution in [3.8, 4) is 11.3 Å². The van der Waals surface area contributed by atoms with E-state index in [1.54, 1.807) is 6.07 Å². The highest BCUT2D eigenvalue weighted by atomic mass is 19.4. The summed E-state index contributed by atoms with van der Waals surface area (Å²) >= 11 is 0. The van der Waals surface area contributed by atoms with E-state index in [2.05, 4.69) is 15.2 Å². The Morgan fingerprint density at radius 3 is 2.66 bits per heavy atom. The number of halogens is 3. The first-order chi connectivity index (χ1) is 15.3. The Hall–Kier alpha value is -3.52. The van der Waals surface area contributed by atoms with Crippen molar-refractivity contribution in [3.63, 3.8) is 0 Å². The van der Waals surface area contributed by atoms with Crippen molar-refractivity contribution in [2.24, 2.45) is 0 Å². The van der Waals surface area contributed by atoms with Crippen molar-refractivity contribution < 1.29 is 23.1 Å². The normalized spacial score (nSPS) is 11.8. The quantitative estimate of drug-likeness (QED) is 0.419. The van der Waals surface area contributed by atoms with Gasteiger partial charge in [-0.2, -0.15) is 18.3 Å². The van der Waals surface area contributed by atoms with Gasteiger partial charge in [0, 0.05) is 41.7 Å². The number of H-pyrrole nitrogens is 1. The lowest BCUT2D eigenvalue weighted by molar-refractivity contribution is -0.137. The average molecular weight is 439 g/mol. The van der Waals surface area contributed by atoms with Crippen LogP contribution >= 0.6 is 0 Å². The molecule has 0 aliphatic rings. The van der Waals surface area contributed by atoms with Crippen LogP contribution < -0.4 is 0 Å². The number of pyridine rings is 1. The van der Waals surface area contributed by atoms with E-state index in [-0.39, 0.29) is 18.6 Å². The summed E-state index contributed by atoms with van der Waals surface area (Å²) in [5.41, 5.74) is 3.61. The van der Waals surface area contributed by atoms with Gasteiger partial charge in [0.1, 0.15) is 0 Å². The first-order valence-electron chi connectivity index (χ1n) is 10.0. The molecular formula is C24H20F3N3O2. The van der Waals surface area contributed by atoms with Crippen LogP contribution in [0.4, 0.5) is 13.2 Å². The Bertz CT molecular complexity index is 1300. The summed E-state index contributed by atoms with van der Waals surface area (Å²) in [6, 6.07) is 13.7. The second kappa shape index (κ2) is 8.55. The second-order valence-corrected chi connectivity index (χ2v) is 7.57. The molecule has 0 radical (unpaired) electrons. The molecule has 0 amide bonds. The zero-order valence-electron chi connectivity index (χ0n) is 17.2. The number of aromatic nitrogens is 3. The average Bonchev–Trinajstić information content (AvgIpc) is 3.17. The van der Waals surface area contributed by atoms with Gasteiger partial charge in [0.05, 0.1) is 11.3 Å². The van der Waals surface area contributed by atoms with E-state index < -0.39 is 17.5 Å². The molecule has 32 heavy (non-hydrogen) atoms. The molecule has 0 atom stereocenters. The number of aliphatic hydroxyl groups excluding tert-OH is 1. The zero-order chi connectivity index (χ0) is 22.9. The Morgan fingerprint density at radius 1 is 1.09 bits per heavy atom. The van der Waals surface area contributed by atoms with Gasteiger partial charge in [-0.3, -0.25) is 9.89 Å². The van der Waals surface area contributed by atoms with E-state index >= 15 is 0 Å². The molecule has 2 aromatic heterocycles. The molecule has 2 aromatic carbocycles. The number of aryl methyl sites for hydroxylation is 1. The molecule has 4 aromatic rings. The van der Waals surface area contributed by atoms with Crippen LogP contribution in [-0.2, 0) is 19.0 Å². The maximum absolute atomic E-state index is 13.0. The third kappa shape index (κ3) is 4.40. The zero-order valence-corrected chi connectivity index (χ0v) is 17.2. The molecule has 4 rings (SSSR count). The molecule has 2 heterocycles. The molecule has 164 valence electrons. The molecule has 5 nitrogen and oxygen atoms in total. The maximum atomic E-state index is 13.0. The number of carbonyl (C=O) groups excluding carboxylic acids is 1. The van der Waals surface area contributed by atoms with Crippen LogP contribution in [0.2, 0.25) is 0 Å². The van der Waals surface area contributed by atoms with Crippen molar-refractivity contribution >= 4 is 16.8 Å². The molecule has 0 saturated heterocycles. The van der Waals surface area contributed by atoms with Crippen molar-refractivity contribution in [3.05, 3.63) is 82.5 Å². The molecule has 2 N–H and O–H groups in total. The van der Waals surface area contributed by atoms with Gasteiger partial charge in [-0.25, -0.2) is 4.98 Å². The number of hydrogen-bond acceptors (Lipinski definition) is 4. The van der Waals surface area contributed by atoms with E-state index in [0.29, 0.717) is 23.3 Å². The molecule has 0 saturated carbocycles. The number of aliphatic hydroxyl groups is 1. The summed E-state index contributed by atoms with van der Waals surface area (Å²) in [4.78, 5) is 17.2. The largest absolute Gasteiger partial charge is 0.416 e. The van der Waals surface area contributed by atoms with Crippen LogP contribution in [0.25, 0.3) is 22.3 Å². The Balaban J connectivity index is 1.62. The molecule has 0 aliphatic heterocycles. The van der Waals surface area contributed by atoms with Crippen molar-refractivity contribution in [1.82, 2.24) is 15.2 Å². The van der Waals surface area contributed by atoms with Crippen molar-refractivity contribution in [2.75, 3.05) is 6.61 Å². The summed E-state index contributed by atoms with van der Waals surface area (Å²) in [5, 5.41) is 17.1. The standard InChI is InChI=1S/C24H20F3N3O2/c1-14-5-6-15(12-22(32)16-3-2-4-17(13-16)24(25,26)27)11-19(14)20-8-7-18-21(9-10-31)29-30-23(18)28-20/h2-8,11,13,31H,9-10,12H2,1H3,(H,28,29,30). The number of nitrogens with zero attached hydrogens (tertiary/aromatic N) is 2. The smallest absolute Gasteiger partial charge is 0.396 e. The van der Waals surface area contributed by atoms with Gasteiger partial charge in [-0.15, -0.1) is 0 Å². The van der Waals surface area contributed by atoms with Crippen LogP contribution in [0.1, 0.15) is 32.7 Å². The number of alkyl halides is 3. The maximum Gasteiger partial charge on any atom is 0.416 e. The minimum Gasteiger partial charge on any atom is -0.396 e. The van der Waals surface area contributed by atoms with E-state index in [9.17, 15) is 18.0 Å². The highest BCUT2D eigenvalue weighted by Gasteiger charge is 2.30. The molecule has 0 bridgehead atoms. The second-order valence-electron chi connectivity index (χ2n) is 7.57. The van der Waals surface area contributed by atoms with Crippen molar-refractivity contribution in [1.29, 1.82) is 0 Å². The van der Waals surface area contributed by atoms with Crippen LogP contribution in [0.15, 0.2) is 54.6 Å². The summed E-state index contributed by atoms with van der Waals surface area (Å²) in [5.74, 6) is -0.393. The Labute approximate surface area is 181 Å². The Morgan fingerprint density at radius 2 is 1.91 bits per heavy atom. The topological polar surface area (TPSA) is 78.9 Å². The van der Waals surface area contributed by atoms with Crippen LogP contribution in [-0.4, -0.2) is 32.7 Å². The van der Waals surface area contributed by atoms with E-state index in [1.807, 2.05) is 31.2 Å². The number of hydrogen-bond donors (Lipinski definition) is 2. The number of ketones is 1. The van der Waals surface area contributed by atoms with E-state index in [0.717, 1.165) is 34.3 Å². The summed E-state index contributed by atoms with van der Waals surface area (Å²) < 4.78 is 38.9. The summed E-state index contributed by atoms with van der Waals surface area (Å²) in [6.45, 7) is 1.92.